The molecule has 34 heavy (non-hydrogen) atoms. The zero-order valence-corrected chi connectivity index (χ0v) is 21.1. The van der Waals surface area contributed by atoms with Crippen molar-refractivity contribution >= 4 is 8.07 Å². The van der Waals surface area contributed by atoms with Crippen LogP contribution in [0.3, 0.4) is 0 Å². The lowest BCUT2D eigenvalue weighted by Crippen LogP contribution is -2.44. The van der Waals surface area contributed by atoms with E-state index in [0.29, 0.717) is 13.0 Å². The van der Waals surface area contributed by atoms with Crippen molar-refractivity contribution in [3.05, 3.63) is 130 Å². The van der Waals surface area contributed by atoms with E-state index < -0.39 is 19.8 Å². The van der Waals surface area contributed by atoms with Gasteiger partial charge in [-0.1, -0.05) is 128 Å². The number of nitrogens with zero attached hydrogens (tertiary/aromatic N) is 3. The predicted molar refractivity (Wildman–Crippen MR) is 141 cm³/mol. The van der Waals surface area contributed by atoms with E-state index in [4.69, 9.17) is 10.3 Å². The molecule has 0 bridgehead atoms. The van der Waals surface area contributed by atoms with Crippen LogP contribution in [0.1, 0.15) is 23.1 Å². The highest BCUT2D eigenvalue weighted by Crippen LogP contribution is 2.40. The molecular weight excluding hydrogens is 438 g/mol. The van der Waals surface area contributed by atoms with Gasteiger partial charge >= 0.3 is 0 Å². The second-order valence-corrected chi connectivity index (χ2v) is 14.7. The van der Waals surface area contributed by atoms with Gasteiger partial charge in [0.15, 0.2) is 0 Å². The second kappa shape index (κ2) is 11.8. The first-order valence-corrected chi connectivity index (χ1v) is 15.1. The molecule has 0 amide bonds. The summed E-state index contributed by atoms with van der Waals surface area (Å²) in [5, 5.41) is 14.5. The van der Waals surface area contributed by atoms with Gasteiger partial charge in [-0.05, 0) is 28.6 Å². The van der Waals surface area contributed by atoms with Crippen molar-refractivity contribution in [2.75, 3.05) is 6.61 Å². The van der Waals surface area contributed by atoms with Gasteiger partial charge in [0.1, 0.15) is 5.60 Å². The number of hydrogen-bond acceptors (Lipinski definition) is 3. The molecule has 0 aromatic heterocycles. The molecule has 3 aromatic rings. The monoisotopic (exact) mass is 471 g/mol. The highest BCUT2D eigenvalue weighted by Gasteiger charge is 2.37. The Morgan fingerprint density at radius 2 is 1.29 bits per heavy atom. The number of aliphatic hydroxyl groups excluding tert-OH is 1. The predicted octanol–water partition coefficient (Wildman–Crippen LogP) is 6.86. The topological polar surface area (TPSA) is 78.2 Å². The van der Waals surface area contributed by atoms with Crippen molar-refractivity contribution in [2.45, 2.75) is 43.4 Å². The van der Waals surface area contributed by atoms with Crippen LogP contribution in [-0.2, 0) is 10.3 Å². The lowest BCUT2D eigenvalue weighted by molar-refractivity contribution is 0.0318. The van der Waals surface area contributed by atoms with Crippen LogP contribution in [-0.4, -0.2) is 31.6 Å². The van der Waals surface area contributed by atoms with Crippen molar-refractivity contribution in [2.24, 2.45) is 5.11 Å². The molecule has 3 aromatic carbocycles. The third-order valence-corrected chi connectivity index (χ3v) is 8.18. The standard InChI is InChI=1S/C28H33N3O2Si/c1-34(2,3)27(30-31-29)26(32)21-13-14-22-33-28(23-15-7-4-8-16-23,24-17-9-5-10-18-24)25-19-11-6-12-20-25/h4-20,26-27,32H,21-22H2,1-3H3/b14-13-. The Kier molecular flexibility index (Phi) is 8.85. The Morgan fingerprint density at radius 1 is 0.853 bits per heavy atom. The van der Waals surface area contributed by atoms with Crippen molar-refractivity contribution < 1.29 is 9.84 Å². The van der Waals surface area contributed by atoms with Crippen LogP contribution < -0.4 is 0 Å². The van der Waals surface area contributed by atoms with Gasteiger partial charge in [-0.3, -0.25) is 0 Å². The SMILES string of the molecule is C[Si](C)(C)C(N=[N+]=[N-])C(O)C/C=C\COC(c1ccccc1)(c1ccccc1)c1ccccc1. The first-order valence-electron chi connectivity index (χ1n) is 11.6. The summed E-state index contributed by atoms with van der Waals surface area (Å²) in [6.07, 6.45) is 3.55. The smallest absolute Gasteiger partial charge is 0.144 e. The minimum Gasteiger partial charge on any atom is -0.393 e. The van der Waals surface area contributed by atoms with E-state index in [1.807, 2.05) is 66.7 Å². The quantitative estimate of drug-likeness (QED) is 0.0828. The molecular formula is C28H33N3O2Si. The number of azide groups is 1. The Balaban J connectivity index is 1.88. The van der Waals surface area contributed by atoms with Crippen LogP contribution in [0.2, 0.25) is 19.6 Å². The van der Waals surface area contributed by atoms with Crippen molar-refractivity contribution in [1.29, 1.82) is 0 Å². The van der Waals surface area contributed by atoms with Gasteiger partial charge in [-0.25, -0.2) is 0 Å². The lowest BCUT2D eigenvalue weighted by atomic mass is 9.80. The Hall–Kier alpha value is -3.15. The summed E-state index contributed by atoms with van der Waals surface area (Å²) in [4.78, 5) is 2.95. The molecule has 3 rings (SSSR count). The molecule has 6 heteroatoms. The van der Waals surface area contributed by atoms with Crippen LogP contribution in [0.15, 0.2) is 108 Å². The van der Waals surface area contributed by atoms with Gasteiger partial charge < -0.3 is 9.84 Å². The second-order valence-electron chi connectivity index (χ2n) is 9.38. The van der Waals surface area contributed by atoms with Crippen LogP contribution in [0.5, 0.6) is 0 Å². The zero-order valence-electron chi connectivity index (χ0n) is 20.1. The van der Waals surface area contributed by atoms with Gasteiger partial charge in [-0.2, -0.15) is 0 Å². The minimum atomic E-state index is -1.84. The highest BCUT2D eigenvalue weighted by molar-refractivity contribution is 6.77. The maximum Gasteiger partial charge on any atom is 0.144 e. The van der Waals surface area contributed by atoms with Crippen molar-refractivity contribution in [3.63, 3.8) is 0 Å². The summed E-state index contributed by atoms with van der Waals surface area (Å²) >= 11 is 0. The molecule has 0 saturated heterocycles. The number of benzene rings is 3. The average Bonchev–Trinajstić information content (AvgIpc) is 2.85. The maximum atomic E-state index is 10.6. The van der Waals surface area contributed by atoms with Crippen LogP contribution in [0.25, 0.3) is 10.4 Å². The summed E-state index contributed by atoms with van der Waals surface area (Å²) in [7, 11) is -1.84. The fraction of sp³-hybridized carbons (Fsp3) is 0.286. The average molecular weight is 472 g/mol. The maximum absolute atomic E-state index is 10.6. The molecule has 0 radical (unpaired) electrons. The molecule has 5 nitrogen and oxygen atoms in total. The van der Waals surface area contributed by atoms with Gasteiger partial charge in [0.25, 0.3) is 0 Å². The van der Waals surface area contributed by atoms with Gasteiger partial charge in [-0.15, -0.1) is 0 Å². The number of rotatable bonds is 11. The van der Waals surface area contributed by atoms with E-state index in [2.05, 4.69) is 66.1 Å². The molecule has 0 aliphatic heterocycles. The summed E-state index contributed by atoms with van der Waals surface area (Å²) in [5.41, 5.74) is 10.9. The third kappa shape index (κ3) is 6.04. The molecule has 176 valence electrons. The molecule has 0 aliphatic rings. The van der Waals surface area contributed by atoms with E-state index in [1.165, 1.54) is 0 Å². The first kappa shape index (κ1) is 25.5. The van der Waals surface area contributed by atoms with E-state index in [0.717, 1.165) is 16.7 Å². The number of hydrogen-bond donors (Lipinski definition) is 1. The highest BCUT2D eigenvalue weighted by atomic mass is 28.3. The van der Waals surface area contributed by atoms with E-state index in [1.54, 1.807) is 0 Å². The van der Waals surface area contributed by atoms with Gasteiger partial charge in [0, 0.05) is 4.91 Å². The largest absolute Gasteiger partial charge is 0.393 e. The van der Waals surface area contributed by atoms with Crippen LogP contribution in [0.4, 0.5) is 0 Å². The molecule has 0 fully saturated rings. The first-order chi connectivity index (χ1) is 16.4. The fourth-order valence-electron chi connectivity index (χ4n) is 4.26. The molecule has 0 aliphatic carbocycles. The van der Waals surface area contributed by atoms with Crippen LogP contribution >= 0.6 is 0 Å². The summed E-state index contributed by atoms with van der Waals surface area (Å²) in [6, 6.07) is 30.7. The number of ether oxygens (including phenoxy) is 1. The normalized spacial score (nSPS) is 13.9. The van der Waals surface area contributed by atoms with Gasteiger partial charge in [0.05, 0.1) is 26.4 Å². The molecule has 2 unspecified atom stereocenters. The Morgan fingerprint density at radius 3 is 1.68 bits per heavy atom. The van der Waals surface area contributed by atoms with E-state index in [9.17, 15) is 5.11 Å². The molecule has 0 heterocycles. The molecule has 1 N–H and O–H groups in total. The van der Waals surface area contributed by atoms with E-state index >= 15 is 0 Å². The molecule has 0 spiro atoms. The van der Waals surface area contributed by atoms with Crippen molar-refractivity contribution in [1.82, 2.24) is 0 Å². The molecule has 2 atom stereocenters. The zero-order chi connectivity index (χ0) is 24.4. The summed E-state index contributed by atoms with van der Waals surface area (Å²) < 4.78 is 6.70. The Labute approximate surface area is 203 Å². The lowest BCUT2D eigenvalue weighted by Gasteiger charge is -2.35. The minimum absolute atomic E-state index is 0.352. The van der Waals surface area contributed by atoms with Crippen LogP contribution in [0, 0.1) is 0 Å². The Bertz CT molecular complexity index is 996. The van der Waals surface area contributed by atoms with E-state index in [-0.39, 0.29) is 5.67 Å². The summed E-state index contributed by atoms with van der Waals surface area (Å²) in [5.74, 6) is 0. The molecule has 0 saturated carbocycles. The fourth-order valence-corrected chi connectivity index (χ4v) is 5.95. The van der Waals surface area contributed by atoms with Gasteiger partial charge in [0.2, 0.25) is 0 Å². The van der Waals surface area contributed by atoms with Crippen molar-refractivity contribution in [3.8, 4) is 0 Å². The summed E-state index contributed by atoms with van der Waals surface area (Å²) in [6.45, 7) is 6.63. The third-order valence-electron chi connectivity index (χ3n) is 5.91. The number of aliphatic hydroxyl groups is 1.